The zero-order chi connectivity index (χ0) is 15.1. The minimum Gasteiger partial charge on any atom is -0.479 e. The first kappa shape index (κ1) is 15.0. The number of nitrogens with zero attached hydrogens (tertiary/aromatic N) is 3. The number of nitriles is 1. The maximum atomic E-state index is 8.46. The molecule has 1 atom stereocenters. The molecule has 0 radical (unpaired) electrons. The van der Waals surface area contributed by atoms with Gasteiger partial charge >= 0.3 is 0 Å². The van der Waals surface area contributed by atoms with Crippen molar-refractivity contribution in [3.05, 3.63) is 41.5 Å². The predicted octanol–water partition coefficient (Wildman–Crippen LogP) is 2.17. The van der Waals surface area contributed by atoms with E-state index in [1.165, 1.54) is 0 Å². The number of nitrogens with one attached hydrogen (secondary N) is 1. The van der Waals surface area contributed by atoms with Crippen LogP contribution in [0.15, 0.2) is 28.8 Å². The zero-order valence-corrected chi connectivity index (χ0v) is 12.2. The van der Waals surface area contributed by atoms with Gasteiger partial charge in [0.1, 0.15) is 11.8 Å². The summed E-state index contributed by atoms with van der Waals surface area (Å²) in [5.41, 5.74) is 1.15. The fourth-order valence-electron chi connectivity index (χ4n) is 1.92. The first-order valence-corrected chi connectivity index (χ1v) is 6.81. The van der Waals surface area contributed by atoms with Crippen LogP contribution in [0.5, 0.6) is 5.75 Å². The lowest BCUT2D eigenvalue weighted by Crippen LogP contribution is -2.21. The summed E-state index contributed by atoms with van der Waals surface area (Å²) in [6, 6.07) is 9.86. The Bertz CT molecular complexity index is 601. The third-order valence-corrected chi connectivity index (χ3v) is 3.04. The van der Waals surface area contributed by atoms with Gasteiger partial charge in [-0.05, 0) is 31.5 Å². The fraction of sp³-hybridized carbons (Fsp3) is 0.400. The third kappa shape index (κ3) is 4.58. The minimum atomic E-state index is 0.0662. The molecule has 2 aromatic rings. The molecule has 1 unspecified atom stereocenters. The Morgan fingerprint density at radius 2 is 2.14 bits per heavy atom. The Morgan fingerprint density at radius 1 is 1.38 bits per heavy atom. The normalized spacial score (nSPS) is 11.9. The second-order valence-corrected chi connectivity index (χ2v) is 4.68. The van der Waals surface area contributed by atoms with Crippen LogP contribution in [0.1, 0.15) is 30.2 Å². The minimum absolute atomic E-state index is 0.0662. The van der Waals surface area contributed by atoms with Crippen LogP contribution in [-0.2, 0) is 6.42 Å². The SMILES string of the molecule is Cc1noc(CCNC(C)c2ccc(OCC#N)cc2)n1. The van der Waals surface area contributed by atoms with Crippen molar-refractivity contribution in [2.75, 3.05) is 13.2 Å². The van der Waals surface area contributed by atoms with Crippen LogP contribution >= 0.6 is 0 Å². The van der Waals surface area contributed by atoms with Gasteiger partial charge in [0.05, 0.1) is 0 Å². The quantitative estimate of drug-likeness (QED) is 0.839. The standard InChI is InChI=1S/C15H18N4O2/c1-11(17-9-7-15-18-12(2)19-21-15)13-3-5-14(6-4-13)20-10-8-16/h3-6,11,17H,7,9-10H2,1-2H3. The number of ether oxygens (including phenoxy) is 1. The maximum Gasteiger partial charge on any atom is 0.227 e. The molecule has 110 valence electrons. The Labute approximate surface area is 123 Å². The molecule has 0 fully saturated rings. The Morgan fingerprint density at radius 3 is 2.76 bits per heavy atom. The van der Waals surface area contributed by atoms with Crippen molar-refractivity contribution in [2.45, 2.75) is 26.3 Å². The van der Waals surface area contributed by atoms with Crippen molar-refractivity contribution >= 4 is 0 Å². The largest absolute Gasteiger partial charge is 0.479 e. The lowest BCUT2D eigenvalue weighted by molar-refractivity contribution is 0.367. The Balaban J connectivity index is 1.80. The van der Waals surface area contributed by atoms with Gasteiger partial charge in [0.25, 0.3) is 0 Å². The summed E-state index contributed by atoms with van der Waals surface area (Å²) >= 11 is 0. The molecule has 0 saturated carbocycles. The van der Waals surface area contributed by atoms with E-state index in [1.807, 2.05) is 30.3 Å². The van der Waals surface area contributed by atoms with E-state index in [9.17, 15) is 0 Å². The van der Waals surface area contributed by atoms with Crippen LogP contribution in [0.3, 0.4) is 0 Å². The molecule has 0 aliphatic carbocycles. The van der Waals surface area contributed by atoms with Gasteiger partial charge in [0, 0.05) is 19.0 Å². The molecule has 0 bridgehead atoms. The first-order valence-electron chi connectivity index (χ1n) is 6.81. The second kappa shape index (κ2) is 7.41. The van der Waals surface area contributed by atoms with Crippen LogP contribution in [0.2, 0.25) is 0 Å². The highest BCUT2D eigenvalue weighted by Crippen LogP contribution is 2.17. The smallest absolute Gasteiger partial charge is 0.227 e. The number of aryl methyl sites for hydroxylation is 1. The summed E-state index contributed by atoms with van der Waals surface area (Å²) < 4.78 is 10.3. The van der Waals surface area contributed by atoms with Gasteiger partial charge in [-0.25, -0.2) is 0 Å². The second-order valence-electron chi connectivity index (χ2n) is 4.68. The molecule has 0 amide bonds. The highest BCUT2D eigenvalue weighted by Gasteiger charge is 2.07. The lowest BCUT2D eigenvalue weighted by atomic mass is 10.1. The van der Waals surface area contributed by atoms with Crippen molar-refractivity contribution in [1.82, 2.24) is 15.5 Å². The lowest BCUT2D eigenvalue weighted by Gasteiger charge is -2.14. The van der Waals surface area contributed by atoms with E-state index in [1.54, 1.807) is 6.92 Å². The molecule has 1 heterocycles. The van der Waals surface area contributed by atoms with Gasteiger partial charge in [0.2, 0.25) is 5.89 Å². The van der Waals surface area contributed by atoms with E-state index in [4.69, 9.17) is 14.5 Å². The van der Waals surface area contributed by atoms with E-state index in [-0.39, 0.29) is 12.6 Å². The van der Waals surface area contributed by atoms with Crippen LogP contribution in [-0.4, -0.2) is 23.3 Å². The van der Waals surface area contributed by atoms with Crippen molar-refractivity contribution in [3.8, 4) is 11.8 Å². The molecule has 0 spiro atoms. The molecule has 6 heteroatoms. The number of rotatable bonds is 7. The van der Waals surface area contributed by atoms with E-state index in [0.29, 0.717) is 23.9 Å². The van der Waals surface area contributed by atoms with E-state index >= 15 is 0 Å². The molecule has 1 N–H and O–H groups in total. The highest BCUT2D eigenvalue weighted by atomic mass is 16.5. The first-order chi connectivity index (χ1) is 10.2. The Hall–Kier alpha value is -2.39. The zero-order valence-electron chi connectivity index (χ0n) is 12.2. The van der Waals surface area contributed by atoms with Crippen LogP contribution in [0.25, 0.3) is 0 Å². The molecule has 0 aliphatic rings. The molecule has 1 aromatic heterocycles. The van der Waals surface area contributed by atoms with Crippen molar-refractivity contribution in [3.63, 3.8) is 0 Å². The van der Waals surface area contributed by atoms with Crippen LogP contribution in [0.4, 0.5) is 0 Å². The topological polar surface area (TPSA) is 84.0 Å². The molecular weight excluding hydrogens is 268 g/mol. The third-order valence-electron chi connectivity index (χ3n) is 3.04. The van der Waals surface area contributed by atoms with Gasteiger partial charge < -0.3 is 14.6 Å². The van der Waals surface area contributed by atoms with Gasteiger partial charge in [-0.3, -0.25) is 0 Å². The van der Waals surface area contributed by atoms with Crippen LogP contribution < -0.4 is 10.1 Å². The van der Waals surface area contributed by atoms with Gasteiger partial charge in [-0.1, -0.05) is 17.3 Å². The molecule has 1 aromatic carbocycles. The summed E-state index contributed by atoms with van der Waals surface area (Å²) in [5.74, 6) is 2.01. The number of hydrogen-bond donors (Lipinski definition) is 1. The predicted molar refractivity (Wildman–Crippen MR) is 76.7 cm³/mol. The van der Waals surface area contributed by atoms with E-state index < -0.39 is 0 Å². The number of hydrogen-bond acceptors (Lipinski definition) is 6. The average molecular weight is 286 g/mol. The van der Waals surface area contributed by atoms with Gasteiger partial charge in [-0.2, -0.15) is 10.2 Å². The number of benzene rings is 1. The summed E-state index contributed by atoms with van der Waals surface area (Å²) in [6.07, 6.45) is 0.703. The van der Waals surface area contributed by atoms with E-state index in [0.717, 1.165) is 12.1 Å². The molecule has 0 saturated heterocycles. The molecular formula is C15H18N4O2. The summed E-state index contributed by atoms with van der Waals surface area (Å²) in [7, 11) is 0. The Kier molecular flexibility index (Phi) is 5.29. The molecule has 2 rings (SSSR count). The van der Waals surface area contributed by atoms with Gasteiger partial charge in [-0.15, -0.1) is 0 Å². The maximum absolute atomic E-state index is 8.46. The average Bonchev–Trinajstić information content (AvgIpc) is 2.91. The van der Waals surface area contributed by atoms with Gasteiger partial charge in [0.15, 0.2) is 12.4 Å². The summed E-state index contributed by atoms with van der Waals surface area (Å²) in [6.45, 7) is 4.72. The molecule has 6 nitrogen and oxygen atoms in total. The summed E-state index contributed by atoms with van der Waals surface area (Å²) in [4.78, 5) is 4.16. The number of aromatic nitrogens is 2. The van der Waals surface area contributed by atoms with Crippen molar-refractivity contribution < 1.29 is 9.26 Å². The van der Waals surface area contributed by atoms with Crippen molar-refractivity contribution in [1.29, 1.82) is 5.26 Å². The fourth-order valence-corrected chi connectivity index (χ4v) is 1.92. The molecule has 21 heavy (non-hydrogen) atoms. The van der Waals surface area contributed by atoms with Crippen molar-refractivity contribution in [2.24, 2.45) is 0 Å². The summed E-state index contributed by atoms with van der Waals surface area (Å²) in [5, 5.41) is 15.6. The highest BCUT2D eigenvalue weighted by molar-refractivity contribution is 5.29. The van der Waals surface area contributed by atoms with E-state index in [2.05, 4.69) is 22.4 Å². The van der Waals surface area contributed by atoms with Crippen LogP contribution in [0, 0.1) is 18.3 Å². The monoisotopic (exact) mass is 286 g/mol. The molecule has 0 aliphatic heterocycles.